The minimum Gasteiger partial charge on any atom is -0.502 e. The van der Waals surface area contributed by atoms with Crippen LogP contribution in [-0.4, -0.2) is 74.2 Å². The minimum atomic E-state index is -0.133. The average molecular weight is 411 g/mol. The van der Waals surface area contributed by atoms with Crippen LogP contribution in [0.4, 0.5) is 0 Å². The van der Waals surface area contributed by atoms with Crippen LogP contribution in [0.25, 0.3) is 0 Å². The summed E-state index contributed by atoms with van der Waals surface area (Å²) in [4.78, 5) is 0. The molecule has 1 heterocycles. The Bertz CT molecular complexity index is 619. The number of hydrazine groups is 2. The lowest BCUT2D eigenvalue weighted by Gasteiger charge is -2.30. The van der Waals surface area contributed by atoms with Gasteiger partial charge in [0, 0.05) is 51.4 Å². The Morgan fingerprint density at radius 3 is 2.38 bits per heavy atom. The third kappa shape index (κ3) is 9.65. The van der Waals surface area contributed by atoms with Crippen molar-refractivity contribution in [2.75, 3.05) is 59.0 Å². The fourth-order valence-corrected chi connectivity index (χ4v) is 2.27. The van der Waals surface area contributed by atoms with E-state index in [9.17, 15) is 5.11 Å². The van der Waals surface area contributed by atoms with Gasteiger partial charge in [0.05, 0.1) is 0 Å². The largest absolute Gasteiger partial charge is 0.502 e. The molecule has 2 rings (SSSR count). The number of rotatable bonds is 12. The zero-order valence-corrected chi connectivity index (χ0v) is 17.6. The molecule has 1 aromatic carbocycles. The summed E-state index contributed by atoms with van der Waals surface area (Å²) in [5.41, 5.74) is 3.13. The third-order valence-corrected chi connectivity index (χ3v) is 4.10. The van der Waals surface area contributed by atoms with Gasteiger partial charge in [0.1, 0.15) is 19.0 Å². The number of likely N-dealkylation sites (N-methyl/N-ethyl adjacent to an activating group) is 3. The first kappa shape index (κ1) is 24.7. The van der Waals surface area contributed by atoms with Crippen molar-refractivity contribution >= 4 is 0 Å². The molecule has 0 saturated carbocycles. The van der Waals surface area contributed by atoms with Crippen LogP contribution in [0.3, 0.4) is 0 Å². The smallest absolute Gasteiger partial charge is 0.292 e. The summed E-state index contributed by atoms with van der Waals surface area (Å²) in [6, 6.07) is 2.88. The average Bonchev–Trinajstić information content (AvgIpc) is 2.68. The maximum atomic E-state index is 10.2. The summed E-state index contributed by atoms with van der Waals surface area (Å²) < 4.78 is 15.8. The minimum absolute atomic E-state index is 0.133. The number of aromatic hydroxyl groups is 1. The van der Waals surface area contributed by atoms with Crippen LogP contribution in [0.1, 0.15) is 20.8 Å². The van der Waals surface area contributed by atoms with Gasteiger partial charge in [-0.3, -0.25) is 11.3 Å². The van der Waals surface area contributed by atoms with Crippen molar-refractivity contribution in [3.8, 4) is 29.3 Å². The highest BCUT2D eigenvalue weighted by molar-refractivity contribution is 5.55. The Labute approximate surface area is 173 Å². The van der Waals surface area contributed by atoms with Crippen LogP contribution in [-0.2, 0) is 0 Å². The summed E-state index contributed by atoms with van der Waals surface area (Å²) in [6.45, 7) is 12.9. The van der Waals surface area contributed by atoms with Crippen molar-refractivity contribution in [1.29, 1.82) is 5.26 Å². The van der Waals surface area contributed by atoms with Gasteiger partial charge < -0.3 is 24.6 Å². The SMILES string of the molecule is CCN1CCN1.CCNCCOc1cc(OC#N)cc(OCCN(N)CC)c1O. The van der Waals surface area contributed by atoms with Gasteiger partial charge in [0.15, 0.2) is 11.5 Å². The van der Waals surface area contributed by atoms with Crippen LogP contribution in [0.2, 0.25) is 0 Å². The molecule has 0 aliphatic carbocycles. The highest BCUT2D eigenvalue weighted by atomic mass is 16.5. The number of benzene rings is 1. The Morgan fingerprint density at radius 1 is 1.28 bits per heavy atom. The molecule has 0 radical (unpaired) electrons. The molecule has 29 heavy (non-hydrogen) atoms. The standard InChI is InChI=1S/C15H24N4O4.C4H10N2/c1-3-18-5-7-21-13-9-12(23-11-16)10-14(15(13)20)22-8-6-19(17)4-2;1-2-6-4-3-5-6/h9-10,18,20H,3-8,17H2,1-2H3;5H,2-4H2,1H3. The summed E-state index contributed by atoms with van der Waals surface area (Å²) >= 11 is 0. The molecular formula is C19H34N6O4. The number of nitriles is 1. The van der Waals surface area contributed by atoms with E-state index in [1.807, 2.05) is 13.8 Å². The molecule has 164 valence electrons. The molecular weight excluding hydrogens is 376 g/mol. The second kappa shape index (κ2) is 14.7. The third-order valence-electron chi connectivity index (χ3n) is 4.10. The molecule has 0 aromatic heterocycles. The van der Waals surface area contributed by atoms with Gasteiger partial charge >= 0.3 is 0 Å². The quantitative estimate of drug-likeness (QED) is 0.169. The van der Waals surface area contributed by atoms with E-state index >= 15 is 0 Å². The molecule has 0 unspecified atom stereocenters. The number of nitrogens with zero attached hydrogens (tertiary/aromatic N) is 3. The molecule has 1 fully saturated rings. The van der Waals surface area contributed by atoms with Crippen molar-refractivity contribution < 1.29 is 19.3 Å². The van der Waals surface area contributed by atoms with Crippen LogP contribution >= 0.6 is 0 Å². The van der Waals surface area contributed by atoms with E-state index in [4.69, 9.17) is 25.3 Å². The monoisotopic (exact) mass is 410 g/mol. The van der Waals surface area contributed by atoms with Crippen molar-refractivity contribution in [1.82, 2.24) is 20.8 Å². The maximum Gasteiger partial charge on any atom is 0.292 e. The fourth-order valence-electron chi connectivity index (χ4n) is 2.27. The lowest BCUT2D eigenvalue weighted by atomic mass is 10.2. The van der Waals surface area contributed by atoms with Crippen LogP contribution < -0.4 is 30.8 Å². The first-order chi connectivity index (χ1) is 14.0. The molecule has 1 aliphatic rings. The van der Waals surface area contributed by atoms with Gasteiger partial charge in [-0.25, -0.2) is 10.0 Å². The molecule has 0 amide bonds. The number of nitrogens with one attached hydrogen (secondary N) is 2. The summed E-state index contributed by atoms with van der Waals surface area (Å²) in [5.74, 6) is 6.15. The first-order valence-corrected chi connectivity index (χ1v) is 9.92. The lowest BCUT2D eigenvalue weighted by molar-refractivity contribution is 0.110. The number of phenols is 1. The van der Waals surface area contributed by atoms with Crippen LogP contribution in [0, 0.1) is 11.5 Å². The number of hydrogen-bond acceptors (Lipinski definition) is 10. The van der Waals surface area contributed by atoms with Gasteiger partial charge in [-0.2, -0.15) is 0 Å². The highest BCUT2D eigenvalue weighted by Gasteiger charge is 2.14. The number of hydrogen-bond donors (Lipinski definition) is 4. The van der Waals surface area contributed by atoms with Crippen molar-refractivity contribution in [3.63, 3.8) is 0 Å². The second-order valence-electron chi connectivity index (χ2n) is 6.13. The van der Waals surface area contributed by atoms with E-state index in [2.05, 4.69) is 22.7 Å². The molecule has 0 bridgehead atoms. The fraction of sp³-hybridized carbons (Fsp3) is 0.632. The van der Waals surface area contributed by atoms with Crippen LogP contribution in [0.15, 0.2) is 12.1 Å². The Morgan fingerprint density at radius 2 is 1.93 bits per heavy atom. The van der Waals surface area contributed by atoms with Crippen molar-refractivity contribution in [3.05, 3.63) is 12.1 Å². The molecule has 10 nitrogen and oxygen atoms in total. The predicted molar refractivity (Wildman–Crippen MR) is 111 cm³/mol. The number of ether oxygens (including phenoxy) is 3. The zero-order chi connectivity index (χ0) is 21.5. The summed E-state index contributed by atoms with van der Waals surface area (Å²) in [7, 11) is 0. The second-order valence-corrected chi connectivity index (χ2v) is 6.13. The van der Waals surface area contributed by atoms with E-state index in [-0.39, 0.29) is 29.6 Å². The normalized spacial score (nSPS) is 13.1. The van der Waals surface area contributed by atoms with E-state index < -0.39 is 0 Å². The maximum absolute atomic E-state index is 10.2. The van der Waals surface area contributed by atoms with Gasteiger partial charge in [-0.15, -0.1) is 5.26 Å². The molecule has 1 saturated heterocycles. The van der Waals surface area contributed by atoms with Gasteiger partial charge in [-0.1, -0.05) is 20.8 Å². The molecule has 1 aliphatic heterocycles. The molecule has 10 heteroatoms. The first-order valence-electron chi connectivity index (χ1n) is 9.92. The molecule has 1 aromatic rings. The topological polar surface area (TPSA) is 128 Å². The van der Waals surface area contributed by atoms with E-state index in [0.717, 1.165) is 13.1 Å². The number of phenolic OH excluding ortho intramolecular Hbond substituents is 1. The number of nitrogens with two attached hydrogens (primary N) is 1. The Kier molecular flexibility index (Phi) is 12.5. The van der Waals surface area contributed by atoms with Gasteiger partial charge in [-0.05, 0) is 6.54 Å². The molecule has 5 N–H and O–H groups in total. The Hall–Kier alpha value is -2.29. The molecule has 0 spiro atoms. The Balaban J connectivity index is 0.000000594. The van der Waals surface area contributed by atoms with Crippen LogP contribution in [0.5, 0.6) is 23.0 Å². The molecule has 0 atom stereocenters. The van der Waals surface area contributed by atoms with Gasteiger partial charge in [0.25, 0.3) is 6.26 Å². The zero-order valence-electron chi connectivity index (χ0n) is 17.6. The summed E-state index contributed by atoms with van der Waals surface area (Å²) in [6.07, 6.45) is 1.58. The van der Waals surface area contributed by atoms with E-state index in [1.54, 1.807) is 11.3 Å². The van der Waals surface area contributed by atoms with E-state index in [0.29, 0.717) is 26.2 Å². The van der Waals surface area contributed by atoms with Crippen molar-refractivity contribution in [2.24, 2.45) is 5.84 Å². The predicted octanol–water partition coefficient (Wildman–Crippen LogP) is 0.641. The summed E-state index contributed by atoms with van der Waals surface area (Å²) in [5, 5.41) is 25.7. The lowest BCUT2D eigenvalue weighted by Crippen LogP contribution is -2.53. The van der Waals surface area contributed by atoms with E-state index in [1.165, 1.54) is 25.2 Å². The van der Waals surface area contributed by atoms with Gasteiger partial charge in [0.2, 0.25) is 5.75 Å². The van der Waals surface area contributed by atoms with Crippen molar-refractivity contribution in [2.45, 2.75) is 20.8 Å². The highest BCUT2D eigenvalue weighted by Crippen LogP contribution is 2.40.